The van der Waals surface area contributed by atoms with Crippen LogP contribution in [0.3, 0.4) is 0 Å². The molecule has 0 unspecified atom stereocenters. The Morgan fingerprint density at radius 1 is 1.58 bits per heavy atom. The molecule has 1 heterocycles. The zero-order valence-corrected chi connectivity index (χ0v) is 8.14. The van der Waals surface area contributed by atoms with Crippen molar-refractivity contribution >= 4 is 5.88 Å². The van der Waals surface area contributed by atoms with E-state index in [1.807, 2.05) is 13.0 Å². The van der Waals surface area contributed by atoms with E-state index in [1.54, 1.807) is 0 Å². The number of anilines is 1. The lowest BCUT2D eigenvalue weighted by atomic mass is 10.0. The Kier molecular flexibility index (Phi) is 2.40. The van der Waals surface area contributed by atoms with E-state index in [0.29, 0.717) is 0 Å². The molecule has 0 aliphatic carbocycles. The standard InChI is InChI=1S/C9H16N2O/c1-5-9(3,4)10-8-6-7(2)11-12-8/h6,10H,5H2,1-4H3. The second kappa shape index (κ2) is 3.17. The SMILES string of the molecule is CCC(C)(C)Nc1cc(C)no1. The molecule has 0 aromatic carbocycles. The Hall–Kier alpha value is -0.990. The third-order valence-corrected chi connectivity index (χ3v) is 1.97. The molecule has 0 radical (unpaired) electrons. The van der Waals surface area contributed by atoms with Gasteiger partial charge in [0.25, 0.3) is 0 Å². The molecule has 0 bridgehead atoms. The zero-order chi connectivity index (χ0) is 9.19. The van der Waals surface area contributed by atoms with Crippen molar-refractivity contribution in [2.75, 3.05) is 5.32 Å². The molecule has 1 N–H and O–H groups in total. The molecule has 0 amide bonds. The van der Waals surface area contributed by atoms with Crippen molar-refractivity contribution in [3.63, 3.8) is 0 Å². The third kappa shape index (κ3) is 2.26. The molecule has 3 heteroatoms. The van der Waals surface area contributed by atoms with Crippen molar-refractivity contribution in [1.29, 1.82) is 0 Å². The summed E-state index contributed by atoms with van der Waals surface area (Å²) in [5.41, 5.74) is 0.982. The fourth-order valence-electron chi connectivity index (χ4n) is 0.844. The van der Waals surface area contributed by atoms with Crippen LogP contribution in [0.4, 0.5) is 5.88 Å². The normalized spacial score (nSPS) is 11.7. The van der Waals surface area contributed by atoms with Gasteiger partial charge in [0.2, 0.25) is 5.88 Å². The Morgan fingerprint density at radius 2 is 2.25 bits per heavy atom. The molecule has 1 aromatic heterocycles. The van der Waals surface area contributed by atoms with Crippen molar-refractivity contribution < 1.29 is 4.52 Å². The van der Waals surface area contributed by atoms with E-state index in [4.69, 9.17) is 4.52 Å². The van der Waals surface area contributed by atoms with Crippen LogP contribution in [0.2, 0.25) is 0 Å². The average molecular weight is 168 g/mol. The minimum Gasteiger partial charge on any atom is -0.349 e. The number of hydrogen-bond acceptors (Lipinski definition) is 3. The van der Waals surface area contributed by atoms with Gasteiger partial charge in [-0.2, -0.15) is 0 Å². The molecular weight excluding hydrogens is 152 g/mol. The largest absolute Gasteiger partial charge is 0.349 e. The number of nitrogens with one attached hydrogen (secondary N) is 1. The first-order valence-corrected chi connectivity index (χ1v) is 4.25. The summed E-state index contributed by atoms with van der Waals surface area (Å²) in [4.78, 5) is 0. The van der Waals surface area contributed by atoms with Crippen molar-refractivity contribution in [2.45, 2.75) is 39.7 Å². The quantitative estimate of drug-likeness (QED) is 0.753. The Morgan fingerprint density at radius 3 is 2.67 bits per heavy atom. The highest BCUT2D eigenvalue weighted by Gasteiger charge is 2.16. The number of aromatic nitrogens is 1. The summed E-state index contributed by atoms with van der Waals surface area (Å²) >= 11 is 0. The molecule has 0 fully saturated rings. The van der Waals surface area contributed by atoms with Gasteiger partial charge in [-0.25, -0.2) is 0 Å². The average Bonchev–Trinajstić information content (AvgIpc) is 2.35. The summed E-state index contributed by atoms with van der Waals surface area (Å²) in [5, 5.41) is 7.06. The highest BCUT2D eigenvalue weighted by molar-refractivity contribution is 5.33. The van der Waals surface area contributed by atoms with Gasteiger partial charge in [-0.3, -0.25) is 0 Å². The van der Waals surface area contributed by atoms with Crippen molar-refractivity contribution in [3.05, 3.63) is 11.8 Å². The van der Waals surface area contributed by atoms with Crippen molar-refractivity contribution in [3.8, 4) is 0 Å². The Labute approximate surface area is 73.1 Å². The van der Waals surface area contributed by atoms with Gasteiger partial charge in [0.1, 0.15) is 0 Å². The van der Waals surface area contributed by atoms with Gasteiger partial charge in [0.15, 0.2) is 0 Å². The van der Waals surface area contributed by atoms with Gasteiger partial charge >= 0.3 is 0 Å². The van der Waals surface area contributed by atoms with Crippen molar-refractivity contribution in [2.24, 2.45) is 0 Å². The fraction of sp³-hybridized carbons (Fsp3) is 0.667. The minimum absolute atomic E-state index is 0.0754. The molecule has 0 aliphatic rings. The van der Waals surface area contributed by atoms with E-state index in [-0.39, 0.29) is 5.54 Å². The van der Waals surface area contributed by atoms with Gasteiger partial charge in [0, 0.05) is 11.6 Å². The first-order chi connectivity index (χ1) is 5.53. The molecule has 68 valence electrons. The van der Waals surface area contributed by atoms with Crippen LogP contribution in [0.15, 0.2) is 10.6 Å². The third-order valence-electron chi connectivity index (χ3n) is 1.97. The number of rotatable bonds is 3. The monoisotopic (exact) mass is 168 g/mol. The van der Waals surface area contributed by atoms with E-state index in [0.717, 1.165) is 18.0 Å². The topological polar surface area (TPSA) is 38.1 Å². The summed E-state index contributed by atoms with van der Waals surface area (Å²) in [6, 6.07) is 1.90. The maximum atomic E-state index is 5.04. The Bertz CT molecular complexity index is 253. The molecule has 3 nitrogen and oxygen atoms in total. The zero-order valence-electron chi connectivity index (χ0n) is 8.14. The van der Waals surface area contributed by atoms with Crippen LogP contribution in [-0.2, 0) is 0 Å². The van der Waals surface area contributed by atoms with Gasteiger partial charge in [0.05, 0.1) is 5.69 Å². The lowest BCUT2D eigenvalue weighted by molar-refractivity contribution is 0.410. The smallest absolute Gasteiger partial charge is 0.225 e. The van der Waals surface area contributed by atoms with Crippen LogP contribution in [0.1, 0.15) is 32.9 Å². The lowest BCUT2D eigenvalue weighted by Gasteiger charge is -2.23. The second-order valence-corrected chi connectivity index (χ2v) is 3.69. The number of nitrogens with zero attached hydrogens (tertiary/aromatic N) is 1. The van der Waals surface area contributed by atoms with E-state index in [9.17, 15) is 0 Å². The molecule has 1 rings (SSSR count). The highest BCUT2D eigenvalue weighted by Crippen LogP contribution is 2.17. The van der Waals surface area contributed by atoms with Gasteiger partial charge in [-0.1, -0.05) is 12.1 Å². The Balaban J connectivity index is 2.63. The van der Waals surface area contributed by atoms with E-state index < -0.39 is 0 Å². The van der Waals surface area contributed by atoms with E-state index >= 15 is 0 Å². The molecule has 0 spiro atoms. The summed E-state index contributed by atoms with van der Waals surface area (Å²) in [6.07, 6.45) is 1.05. The van der Waals surface area contributed by atoms with Gasteiger partial charge in [-0.15, -0.1) is 0 Å². The van der Waals surface area contributed by atoms with E-state index in [2.05, 4.69) is 31.2 Å². The molecule has 0 saturated heterocycles. The maximum absolute atomic E-state index is 5.04. The van der Waals surface area contributed by atoms with Gasteiger partial charge < -0.3 is 9.84 Å². The predicted molar refractivity (Wildman–Crippen MR) is 49.2 cm³/mol. The molecular formula is C9H16N2O. The minimum atomic E-state index is 0.0754. The summed E-state index contributed by atoms with van der Waals surface area (Å²) in [7, 11) is 0. The lowest BCUT2D eigenvalue weighted by Crippen LogP contribution is -2.29. The molecule has 12 heavy (non-hydrogen) atoms. The molecule has 0 aliphatic heterocycles. The van der Waals surface area contributed by atoms with Gasteiger partial charge in [-0.05, 0) is 27.2 Å². The van der Waals surface area contributed by atoms with Crippen LogP contribution in [0.5, 0.6) is 0 Å². The molecule has 0 atom stereocenters. The molecule has 0 saturated carbocycles. The maximum Gasteiger partial charge on any atom is 0.225 e. The van der Waals surface area contributed by atoms with E-state index in [1.165, 1.54) is 0 Å². The van der Waals surface area contributed by atoms with Crippen LogP contribution < -0.4 is 5.32 Å². The summed E-state index contributed by atoms with van der Waals surface area (Å²) < 4.78 is 5.04. The van der Waals surface area contributed by atoms with Crippen LogP contribution in [0.25, 0.3) is 0 Å². The fourth-order valence-corrected chi connectivity index (χ4v) is 0.844. The second-order valence-electron chi connectivity index (χ2n) is 3.69. The van der Waals surface area contributed by atoms with Crippen LogP contribution in [-0.4, -0.2) is 10.7 Å². The van der Waals surface area contributed by atoms with Crippen LogP contribution in [0, 0.1) is 6.92 Å². The first kappa shape index (κ1) is 9.10. The molecule has 1 aromatic rings. The summed E-state index contributed by atoms with van der Waals surface area (Å²) in [6.45, 7) is 8.31. The highest BCUT2D eigenvalue weighted by atomic mass is 16.5. The summed E-state index contributed by atoms with van der Waals surface area (Å²) in [5.74, 6) is 0.749. The predicted octanol–water partition coefficient (Wildman–Crippen LogP) is 2.58. The van der Waals surface area contributed by atoms with Crippen molar-refractivity contribution in [1.82, 2.24) is 5.16 Å². The van der Waals surface area contributed by atoms with Crippen LogP contribution >= 0.6 is 0 Å². The number of aryl methyl sites for hydroxylation is 1. The first-order valence-electron chi connectivity index (χ1n) is 4.25. The number of hydrogen-bond donors (Lipinski definition) is 1.